The third-order valence-corrected chi connectivity index (χ3v) is 4.12. The summed E-state index contributed by atoms with van der Waals surface area (Å²) in [5.74, 6) is 0. The van der Waals surface area contributed by atoms with E-state index in [1.165, 1.54) is 16.5 Å². The molecule has 6 heteroatoms. The number of rotatable bonds is 9. The van der Waals surface area contributed by atoms with E-state index in [1.807, 2.05) is 12.1 Å². The molecule has 25 heavy (non-hydrogen) atoms. The summed E-state index contributed by atoms with van der Waals surface area (Å²) in [5.41, 5.74) is 0.207. The van der Waals surface area contributed by atoms with E-state index in [0.29, 0.717) is 6.54 Å². The highest BCUT2D eigenvalue weighted by atomic mass is 16.2. The van der Waals surface area contributed by atoms with E-state index in [0.717, 1.165) is 25.8 Å². The van der Waals surface area contributed by atoms with Crippen LogP contribution in [0.15, 0.2) is 58.4 Å². The maximum atomic E-state index is 11.5. The maximum absolute atomic E-state index is 11.5. The highest BCUT2D eigenvalue weighted by Crippen LogP contribution is 2.19. The third-order valence-electron chi connectivity index (χ3n) is 4.12. The quantitative estimate of drug-likeness (QED) is 0.541. The summed E-state index contributed by atoms with van der Waals surface area (Å²) in [6, 6.07) is 10.4. The van der Waals surface area contributed by atoms with Crippen LogP contribution in [0.25, 0.3) is 0 Å². The second kappa shape index (κ2) is 9.13. The van der Waals surface area contributed by atoms with Crippen LogP contribution in [0.1, 0.15) is 38.7 Å². The summed E-state index contributed by atoms with van der Waals surface area (Å²) >= 11 is 0. The Balaban J connectivity index is 1.65. The lowest BCUT2D eigenvalue weighted by Crippen LogP contribution is -2.37. The summed E-state index contributed by atoms with van der Waals surface area (Å²) in [6.07, 6.45) is 8.36. The Morgan fingerprint density at radius 2 is 1.92 bits per heavy atom. The van der Waals surface area contributed by atoms with E-state index in [-0.39, 0.29) is 5.54 Å². The van der Waals surface area contributed by atoms with Crippen LogP contribution in [0.2, 0.25) is 0 Å². The summed E-state index contributed by atoms with van der Waals surface area (Å²) in [6.45, 7) is 5.76. The molecule has 0 unspecified atom stereocenters. The normalized spacial score (nSPS) is 11.9. The lowest BCUT2D eigenvalue weighted by atomic mass is 9.94. The third kappa shape index (κ3) is 6.15. The summed E-state index contributed by atoms with van der Waals surface area (Å²) in [7, 11) is 0. The van der Waals surface area contributed by atoms with Gasteiger partial charge in [-0.2, -0.15) is 4.98 Å². The molecule has 0 fully saturated rings. The van der Waals surface area contributed by atoms with E-state index in [9.17, 15) is 9.59 Å². The topological polar surface area (TPSA) is 79.8 Å². The molecule has 2 N–H and O–H groups in total. The molecule has 0 aliphatic rings. The molecule has 2 rings (SSSR count). The lowest BCUT2D eigenvalue weighted by Gasteiger charge is -2.27. The predicted molar refractivity (Wildman–Crippen MR) is 99.6 cm³/mol. The second-order valence-corrected chi connectivity index (χ2v) is 6.52. The van der Waals surface area contributed by atoms with Gasteiger partial charge in [0, 0.05) is 12.1 Å². The Bertz CT molecular complexity index is 791. The number of nitrogens with zero attached hydrogens (tertiary/aromatic N) is 2. The van der Waals surface area contributed by atoms with Crippen LogP contribution in [0.5, 0.6) is 0 Å². The van der Waals surface area contributed by atoms with Crippen molar-refractivity contribution in [1.29, 1.82) is 0 Å². The van der Waals surface area contributed by atoms with Crippen molar-refractivity contribution in [3.8, 4) is 0 Å². The molecule has 1 aromatic heterocycles. The molecule has 0 radical (unpaired) electrons. The molecule has 0 atom stereocenters. The minimum atomic E-state index is -0.615. The molecule has 1 aromatic carbocycles. The Morgan fingerprint density at radius 1 is 1.16 bits per heavy atom. The fourth-order valence-electron chi connectivity index (χ4n) is 2.55. The summed E-state index contributed by atoms with van der Waals surface area (Å²) in [5, 5.41) is 3.59. The van der Waals surface area contributed by atoms with Gasteiger partial charge in [0.1, 0.15) is 6.33 Å². The lowest BCUT2D eigenvalue weighted by molar-refractivity contribution is 0.397. The van der Waals surface area contributed by atoms with Gasteiger partial charge in [0.2, 0.25) is 0 Å². The zero-order chi connectivity index (χ0) is 18.1. The van der Waals surface area contributed by atoms with Gasteiger partial charge in [-0.25, -0.2) is 9.59 Å². The van der Waals surface area contributed by atoms with Gasteiger partial charge in [0.05, 0.1) is 0 Å². The van der Waals surface area contributed by atoms with Crippen molar-refractivity contribution < 1.29 is 0 Å². The van der Waals surface area contributed by atoms with Gasteiger partial charge in [-0.1, -0.05) is 42.5 Å². The molecule has 0 spiro atoms. The van der Waals surface area contributed by atoms with Gasteiger partial charge >= 0.3 is 11.4 Å². The average molecular weight is 342 g/mol. The van der Waals surface area contributed by atoms with E-state index in [2.05, 4.69) is 59.5 Å². The number of benzene rings is 1. The number of allylic oxidation sites excluding steroid dienone is 2. The molecule has 0 aliphatic heterocycles. The van der Waals surface area contributed by atoms with Crippen LogP contribution in [0.3, 0.4) is 0 Å². The zero-order valence-electron chi connectivity index (χ0n) is 14.9. The molecule has 1 heterocycles. The molecule has 134 valence electrons. The predicted octanol–water partition coefficient (Wildman–Crippen LogP) is 2.18. The number of unbranched alkanes of at least 4 members (excludes halogenated alkanes) is 2. The molecule has 0 saturated carbocycles. The Hall–Kier alpha value is -2.47. The molecular weight excluding hydrogens is 316 g/mol. The van der Waals surface area contributed by atoms with Crippen molar-refractivity contribution in [2.75, 3.05) is 6.54 Å². The maximum Gasteiger partial charge on any atom is 0.350 e. The second-order valence-electron chi connectivity index (χ2n) is 6.52. The Labute approximate surface area is 147 Å². The largest absolute Gasteiger partial charge is 0.350 e. The summed E-state index contributed by atoms with van der Waals surface area (Å²) < 4.78 is 1.36. The van der Waals surface area contributed by atoms with Crippen LogP contribution < -0.4 is 16.7 Å². The first kappa shape index (κ1) is 18.9. The minimum Gasteiger partial charge on any atom is -0.308 e. The van der Waals surface area contributed by atoms with Crippen LogP contribution >= 0.6 is 0 Å². The van der Waals surface area contributed by atoms with Crippen LogP contribution in [0.4, 0.5) is 0 Å². The van der Waals surface area contributed by atoms with E-state index >= 15 is 0 Å². The first-order valence-corrected chi connectivity index (χ1v) is 8.60. The number of hydrogen-bond acceptors (Lipinski definition) is 4. The molecule has 2 aromatic rings. The number of aromatic nitrogens is 3. The van der Waals surface area contributed by atoms with Gasteiger partial charge in [-0.05, 0) is 45.2 Å². The molecule has 6 nitrogen and oxygen atoms in total. The SMILES string of the molecule is CC(C)(NCCCC/C=C\Cn1cnc(=O)[nH]c1=O)c1ccccc1. The average Bonchev–Trinajstić information content (AvgIpc) is 2.59. The number of H-pyrrole nitrogens is 1. The fraction of sp³-hybridized carbons (Fsp3) is 0.421. The van der Waals surface area contributed by atoms with E-state index in [1.54, 1.807) is 0 Å². The van der Waals surface area contributed by atoms with Crippen molar-refractivity contribution in [1.82, 2.24) is 19.9 Å². The molecule has 0 aliphatic carbocycles. The highest BCUT2D eigenvalue weighted by molar-refractivity contribution is 5.22. The van der Waals surface area contributed by atoms with Crippen molar-refractivity contribution in [2.24, 2.45) is 0 Å². The van der Waals surface area contributed by atoms with Gasteiger partial charge in [-0.15, -0.1) is 0 Å². The number of hydrogen-bond donors (Lipinski definition) is 2. The van der Waals surface area contributed by atoms with E-state index in [4.69, 9.17) is 0 Å². The molecule has 0 saturated heterocycles. The summed E-state index contributed by atoms with van der Waals surface area (Å²) in [4.78, 5) is 28.0. The van der Waals surface area contributed by atoms with E-state index < -0.39 is 11.4 Å². The highest BCUT2D eigenvalue weighted by Gasteiger charge is 2.18. The minimum absolute atomic E-state index is 0.0322. The molecule has 0 amide bonds. The van der Waals surface area contributed by atoms with Crippen molar-refractivity contribution in [3.63, 3.8) is 0 Å². The number of aromatic amines is 1. The zero-order valence-corrected chi connectivity index (χ0v) is 14.9. The van der Waals surface area contributed by atoms with Gasteiger partial charge in [0.25, 0.3) is 0 Å². The Morgan fingerprint density at radius 3 is 2.64 bits per heavy atom. The Kier molecular flexibility index (Phi) is 6.89. The monoisotopic (exact) mass is 342 g/mol. The smallest absolute Gasteiger partial charge is 0.308 e. The van der Waals surface area contributed by atoms with Crippen LogP contribution in [-0.4, -0.2) is 21.1 Å². The number of nitrogens with one attached hydrogen (secondary N) is 2. The fourth-order valence-corrected chi connectivity index (χ4v) is 2.55. The molecule has 0 bridgehead atoms. The van der Waals surface area contributed by atoms with Crippen LogP contribution in [-0.2, 0) is 12.1 Å². The van der Waals surface area contributed by atoms with Crippen LogP contribution in [0, 0.1) is 0 Å². The van der Waals surface area contributed by atoms with Crippen molar-refractivity contribution in [3.05, 3.63) is 75.3 Å². The first-order chi connectivity index (χ1) is 12.0. The van der Waals surface area contributed by atoms with Gasteiger partial charge < -0.3 is 5.32 Å². The van der Waals surface area contributed by atoms with Gasteiger partial charge in [0.15, 0.2) is 0 Å². The van der Waals surface area contributed by atoms with Crippen molar-refractivity contribution in [2.45, 2.75) is 45.2 Å². The van der Waals surface area contributed by atoms with Gasteiger partial charge in [-0.3, -0.25) is 9.55 Å². The standard InChI is InChI=1S/C19H26N4O2/c1-19(2,16-11-7-6-8-12-16)21-13-9-4-3-5-10-14-23-15-20-17(24)22-18(23)25/h5-8,10-12,15,21H,3-4,9,13-14H2,1-2H3,(H,22,24,25)/b10-5-. The van der Waals surface area contributed by atoms with Crippen molar-refractivity contribution >= 4 is 0 Å². The molecular formula is C19H26N4O2. The first-order valence-electron chi connectivity index (χ1n) is 8.60.